The maximum Gasteiger partial charge on any atom is 0.372 e. The molecule has 2 N–H and O–H groups in total. The zero-order valence-electron chi connectivity index (χ0n) is 11.1. The Morgan fingerprint density at radius 2 is 2.43 bits per heavy atom. The van der Waals surface area contributed by atoms with Crippen molar-refractivity contribution in [3.63, 3.8) is 0 Å². The van der Waals surface area contributed by atoms with Gasteiger partial charge in [0.05, 0.1) is 5.92 Å². The lowest BCUT2D eigenvalue weighted by molar-refractivity contribution is -0.389. The van der Waals surface area contributed by atoms with Gasteiger partial charge in [0.2, 0.25) is 5.82 Å². The smallest absolute Gasteiger partial charge is 0.372 e. The summed E-state index contributed by atoms with van der Waals surface area (Å²) >= 11 is 1.32. The van der Waals surface area contributed by atoms with Crippen LogP contribution >= 0.6 is 11.3 Å². The second kappa shape index (κ2) is 5.32. The van der Waals surface area contributed by atoms with Gasteiger partial charge in [-0.25, -0.2) is 0 Å². The molecule has 0 amide bonds. The third-order valence-electron chi connectivity index (χ3n) is 3.92. The maximum atomic E-state index is 11.2. The van der Waals surface area contributed by atoms with Crippen LogP contribution in [-0.2, 0) is 4.79 Å². The predicted octanol–water partition coefficient (Wildman–Crippen LogP) is 2.22. The van der Waals surface area contributed by atoms with Crippen LogP contribution in [0.1, 0.15) is 19.3 Å². The van der Waals surface area contributed by atoms with E-state index in [0.717, 1.165) is 12.8 Å². The molecule has 1 aliphatic rings. The molecule has 0 saturated heterocycles. The van der Waals surface area contributed by atoms with Gasteiger partial charge in [-0.2, -0.15) is 9.38 Å². The highest BCUT2D eigenvalue weighted by Gasteiger charge is 2.33. The van der Waals surface area contributed by atoms with E-state index in [1.54, 1.807) is 11.6 Å². The quantitative estimate of drug-likeness (QED) is 0.647. The third kappa shape index (κ3) is 2.44. The number of rotatable bonds is 5. The van der Waals surface area contributed by atoms with Crippen LogP contribution in [0.25, 0.3) is 4.96 Å². The largest absolute Gasteiger partial charge is 0.481 e. The number of carboxylic acid groups (broad SMARTS) is 1. The lowest BCUT2D eigenvalue weighted by Gasteiger charge is -2.15. The van der Waals surface area contributed by atoms with Crippen molar-refractivity contribution in [3.05, 3.63) is 21.7 Å². The lowest BCUT2D eigenvalue weighted by Crippen LogP contribution is -2.24. The summed E-state index contributed by atoms with van der Waals surface area (Å²) in [5.41, 5.74) is 0. The zero-order valence-corrected chi connectivity index (χ0v) is 11.9. The van der Waals surface area contributed by atoms with E-state index in [9.17, 15) is 14.9 Å². The van der Waals surface area contributed by atoms with Crippen molar-refractivity contribution in [1.29, 1.82) is 0 Å². The molecule has 8 nitrogen and oxygen atoms in total. The number of fused-ring (bicyclic) bond motifs is 1. The minimum Gasteiger partial charge on any atom is -0.481 e. The Balaban J connectivity index is 1.79. The minimum atomic E-state index is -0.792. The van der Waals surface area contributed by atoms with Crippen LogP contribution in [0.3, 0.4) is 0 Å². The average molecular weight is 310 g/mol. The Morgan fingerprint density at radius 3 is 3.14 bits per heavy atom. The molecule has 2 aromatic rings. The summed E-state index contributed by atoms with van der Waals surface area (Å²) in [7, 11) is 0. The number of hydrogen-bond acceptors (Lipinski definition) is 6. The van der Waals surface area contributed by atoms with Gasteiger partial charge in [0.25, 0.3) is 4.96 Å². The van der Waals surface area contributed by atoms with Crippen LogP contribution in [0, 0.1) is 22.0 Å². The molecule has 0 aliphatic heterocycles. The van der Waals surface area contributed by atoms with Crippen LogP contribution in [0.5, 0.6) is 0 Å². The molecule has 1 fully saturated rings. The van der Waals surface area contributed by atoms with E-state index < -0.39 is 10.9 Å². The van der Waals surface area contributed by atoms with Gasteiger partial charge in [0.15, 0.2) is 0 Å². The number of thiazole rings is 1. The van der Waals surface area contributed by atoms with Crippen molar-refractivity contribution >= 4 is 33.9 Å². The van der Waals surface area contributed by atoms with Gasteiger partial charge in [-0.3, -0.25) is 4.79 Å². The predicted molar refractivity (Wildman–Crippen MR) is 76.7 cm³/mol. The molecule has 2 aromatic heterocycles. The summed E-state index contributed by atoms with van der Waals surface area (Å²) < 4.78 is 1.43. The van der Waals surface area contributed by atoms with Crippen LogP contribution in [0.4, 0.5) is 11.6 Å². The number of carboxylic acids is 1. The lowest BCUT2D eigenvalue weighted by atomic mass is 9.96. The summed E-state index contributed by atoms with van der Waals surface area (Å²) in [5.74, 6) is -1.07. The summed E-state index contributed by atoms with van der Waals surface area (Å²) in [5, 5.41) is 25.0. The highest BCUT2D eigenvalue weighted by Crippen LogP contribution is 2.33. The first kappa shape index (κ1) is 13.8. The first-order chi connectivity index (χ1) is 10.1. The minimum absolute atomic E-state index is 0.0122. The van der Waals surface area contributed by atoms with Crippen molar-refractivity contribution in [2.45, 2.75) is 19.3 Å². The topological polar surface area (TPSA) is 110 Å². The van der Waals surface area contributed by atoms with Crippen molar-refractivity contribution in [2.75, 3.05) is 11.9 Å². The number of nitrogens with zero attached hydrogens (tertiary/aromatic N) is 3. The summed E-state index contributed by atoms with van der Waals surface area (Å²) in [6.45, 7) is 0.392. The number of nitro groups is 1. The fourth-order valence-electron chi connectivity index (χ4n) is 2.90. The van der Waals surface area contributed by atoms with Gasteiger partial charge in [-0.1, -0.05) is 17.8 Å². The molecular formula is C12H14N4O4S. The molecule has 9 heteroatoms. The molecule has 1 aliphatic carbocycles. The van der Waals surface area contributed by atoms with E-state index >= 15 is 0 Å². The van der Waals surface area contributed by atoms with Crippen molar-refractivity contribution < 1.29 is 14.8 Å². The molecule has 2 heterocycles. The molecule has 1 saturated carbocycles. The average Bonchev–Trinajstić information content (AvgIpc) is 3.10. The van der Waals surface area contributed by atoms with E-state index in [2.05, 4.69) is 10.3 Å². The fourth-order valence-corrected chi connectivity index (χ4v) is 3.61. The molecule has 0 aromatic carbocycles. The standard InChI is InChI=1S/C12H14N4O4S/c17-11(18)8-3-1-2-7(8)6-13-9-10(16(19)20)15-4-5-21-12(15)14-9/h4-5,7-8,13H,1-3,6H2,(H,17,18). The summed E-state index contributed by atoms with van der Waals surface area (Å²) in [6.07, 6.45) is 3.97. The molecule has 0 spiro atoms. The summed E-state index contributed by atoms with van der Waals surface area (Å²) in [6, 6.07) is 0. The maximum absolute atomic E-state index is 11.2. The molecule has 112 valence electrons. The molecule has 2 atom stereocenters. The molecule has 2 unspecified atom stereocenters. The van der Waals surface area contributed by atoms with Crippen molar-refractivity contribution in [2.24, 2.45) is 11.8 Å². The number of aromatic nitrogens is 2. The number of anilines is 1. The Morgan fingerprint density at radius 1 is 1.62 bits per heavy atom. The number of imidazole rings is 1. The zero-order chi connectivity index (χ0) is 15.0. The van der Waals surface area contributed by atoms with Gasteiger partial charge in [-0.15, -0.1) is 0 Å². The Kier molecular flexibility index (Phi) is 3.50. The Hall–Kier alpha value is -2.16. The highest BCUT2D eigenvalue weighted by atomic mass is 32.1. The van der Waals surface area contributed by atoms with Gasteiger partial charge in [0, 0.05) is 11.9 Å². The molecule has 0 bridgehead atoms. The Bertz CT molecular complexity index is 695. The normalized spacial score (nSPS) is 21.7. The molecule has 21 heavy (non-hydrogen) atoms. The Labute approximate surface area is 123 Å². The summed E-state index contributed by atoms with van der Waals surface area (Å²) in [4.78, 5) is 26.6. The van der Waals surface area contributed by atoms with Crippen LogP contribution in [-0.4, -0.2) is 31.9 Å². The van der Waals surface area contributed by atoms with E-state index in [-0.39, 0.29) is 23.5 Å². The monoisotopic (exact) mass is 310 g/mol. The fraction of sp³-hybridized carbons (Fsp3) is 0.500. The van der Waals surface area contributed by atoms with E-state index in [1.165, 1.54) is 15.7 Å². The first-order valence-electron chi connectivity index (χ1n) is 6.64. The van der Waals surface area contributed by atoms with E-state index in [4.69, 9.17) is 5.11 Å². The first-order valence-corrected chi connectivity index (χ1v) is 7.52. The van der Waals surface area contributed by atoms with E-state index in [0.29, 0.717) is 17.9 Å². The number of hydrogen-bond donors (Lipinski definition) is 2. The van der Waals surface area contributed by atoms with Gasteiger partial charge in [-0.05, 0) is 23.7 Å². The number of nitrogens with one attached hydrogen (secondary N) is 1. The SMILES string of the molecule is O=C(O)C1CCCC1CNc1nc2sccn2c1[N+](=O)[O-]. The number of carbonyl (C=O) groups is 1. The van der Waals surface area contributed by atoms with Crippen LogP contribution in [0.15, 0.2) is 11.6 Å². The highest BCUT2D eigenvalue weighted by molar-refractivity contribution is 7.15. The van der Waals surface area contributed by atoms with Crippen LogP contribution in [0.2, 0.25) is 0 Å². The van der Waals surface area contributed by atoms with Gasteiger partial charge in [0.1, 0.15) is 6.20 Å². The van der Waals surface area contributed by atoms with E-state index in [1.807, 2.05) is 0 Å². The van der Waals surface area contributed by atoms with Crippen molar-refractivity contribution in [3.8, 4) is 0 Å². The van der Waals surface area contributed by atoms with Crippen molar-refractivity contribution in [1.82, 2.24) is 9.38 Å². The molecule has 0 radical (unpaired) electrons. The van der Waals surface area contributed by atoms with Crippen LogP contribution < -0.4 is 5.32 Å². The second-order valence-electron chi connectivity index (χ2n) is 5.11. The second-order valence-corrected chi connectivity index (χ2v) is 5.99. The third-order valence-corrected chi connectivity index (χ3v) is 4.67. The van der Waals surface area contributed by atoms with Gasteiger partial charge < -0.3 is 20.5 Å². The van der Waals surface area contributed by atoms with Gasteiger partial charge >= 0.3 is 11.8 Å². The molecule has 3 rings (SSSR count). The number of aliphatic carboxylic acids is 1. The molecular weight excluding hydrogens is 296 g/mol.